The van der Waals surface area contributed by atoms with Gasteiger partial charge in [-0.1, -0.05) is 6.92 Å². The summed E-state index contributed by atoms with van der Waals surface area (Å²) in [6.45, 7) is 9.11. The van der Waals surface area contributed by atoms with Gasteiger partial charge in [-0.15, -0.1) is 11.3 Å². The van der Waals surface area contributed by atoms with Crippen LogP contribution in [0.3, 0.4) is 0 Å². The van der Waals surface area contributed by atoms with E-state index in [0.717, 1.165) is 18.0 Å². The van der Waals surface area contributed by atoms with Crippen molar-refractivity contribution in [3.05, 3.63) is 16.1 Å². The van der Waals surface area contributed by atoms with Crippen LogP contribution in [0.4, 0.5) is 0 Å². The smallest absolute Gasteiger partial charge is 0.0897 e. The zero-order valence-electron chi connectivity index (χ0n) is 10.5. The lowest BCUT2D eigenvalue weighted by Crippen LogP contribution is -2.25. The average Bonchev–Trinajstić information content (AvgIpc) is 2.60. The van der Waals surface area contributed by atoms with Crippen LogP contribution in [-0.2, 0) is 0 Å². The van der Waals surface area contributed by atoms with E-state index in [1.165, 1.54) is 4.88 Å². The molecule has 3 atom stereocenters. The third kappa shape index (κ3) is 4.60. The van der Waals surface area contributed by atoms with E-state index in [2.05, 4.69) is 24.1 Å². The molecule has 0 saturated heterocycles. The van der Waals surface area contributed by atoms with Gasteiger partial charge in [0.1, 0.15) is 0 Å². The molecular weight excluding hydrogens is 220 g/mol. The summed E-state index contributed by atoms with van der Waals surface area (Å²) >= 11 is 1.74. The zero-order valence-corrected chi connectivity index (χ0v) is 11.3. The summed E-state index contributed by atoms with van der Waals surface area (Å²) < 4.78 is 0. The molecule has 0 saturated carbocycles. The summed E-state index contributed by atoms with van der Waals surface area (Å²) in [5.74, 6) is 0.497. The van der Waals surface area contributed by atoms with E-state index in [0.29, 0.717) is 12.0 Å². The second-order valence-corrected chi connectivity index (χ2v) is 5.87. The van der Waals surface area contributed by atoms with Crippen LogP contribution in [0.1, 0.15) is 43.1 Å². The van der Waals surface area contributed by atoms with Gasteiger partial charge in [0.05, 0.1) is 11.1 Å². The van der Waals surface area contributed by atoms with E-state index >= 15 is 0 Å². The van der Waals surface area contributed by atoms with Crippen LogP contribution in [0, 0.1) is 12.8 Å². The molecule has 1 rings (SSSR count). The molecule has 0 aliphatic carbocycles. The van der Waals surface area contributed by atoms with Gasteiger partial charge in [0.2, 0.25) is 0 Å². The van der Waals surface area contributed by atoms with E-state index in [1.54, 1.807) is 11.3 Å². The molecule has 0 aromatic carbocycles. The second kappa shape index (κ2) is 6.33. The van der Waals surface area contributed by atoms with Crippen molar-refractivity contribution < 1.29 is 5.11 Å². The summed E-state index contributed by atoms with van der Waals surface area (Å²) in [7, 11) is 0. The molecule has 1 aromatic heterocycles. The number of aromatic nitrogens is 1. The van der Waals surface area contributed by atoms with Crippen LogP contribution >= 0.6 is 11.3 Å². The third-order valence-electron chi connectivity index (χ3n) is 2.58. The molecule has 0 fully saturated rings. The first-order valence-electron chi connectivity index (χ1n) is 5.82. The minimum atomic E-state index is -0.210. The molecule has 3 unspecified atom stereocenters. The normalized spacial score (nSPS) is 17.1. The molecular formula is C12H22N2OS. The van der Waals surface area contributed by atoms with Gasteiger partial charge < -0.3 is 10.4 Å². The predicted molar refractivity (Wildman–Crippen MR) is 68.7 cm³/mol. The van der Waals surface area contributed by atoms with Crippen LogP contribution in [0.2, 0.25) is 0 Å². The van der Waals surface area contributed by atoms with Crippen LogP contribution in [0.15, 0.2) is 6.20 Å². The van der Waals surface area contributed by atoms with Crippen molar-refractivity contribution in [3.8, 4) is 0 Å². The topological polar surface area (TPSA) is 45.2 Å². The summed E-state index contributed by atoms with van der Waals surface area (Å²) in [5, 5.41) is 13.9. The Bertz CT molecular complexity index is 312. The number of hydrogen-bond donors (Lipinski definition) is 2. The fourth-order valence-electron chi connectivity index (χ4n) is 1.72. The summed E-state index contributed by atoms with van der Waals surface area (Å²) in [4.78, 5) is 5.53. The number of thiazole rings is 1. The van der Waals surface area contributed by atoms with Crippen molar-refractivity contribution in [3.63, 3.8) is 0 Å². The molecule has 1 heterocycles. The molecule has 0 spiro atoms. The lowest BCUT2D eigenvalue weighted by Gasteiger charge is -2.17. The van der Waals surface area contributed by atoms with Gasteiger partial charge in [0.25, 0.3) is 0 Å². The first-order chi connectivity index (χ1) is 7.49. The minimum Gasteiger partial charge on any atom is -0.393 e. The van der Waals surface area contributed by atoms with Gasteiger partial charge >= 0.3 is 0 Å². The molecule has 2 N–H and O–H groups in total. The third-order valence-corrected chi connectivity index (χ3v) is 3.68. The van der Waals surface area contributed by atoms with E-state index in [1.807, 2.05) is 20.0 Å². The lowest BCUT2D eigenvalue weighted by molar-refractivity contribution is 0.162. The number of hydrogen-bond acceptors (Lipinski definition) is 4. The zero-order chi connectivity index (χ0) is 12.1. The predicted octanol–water partition coefficient (Wildman–Crippen LogP) is 2.51. The number of aliphatic hydroxyl groups excluding tert-OH is 1. The number of rotatable bonds is 6. The molecule has 4 heteroatoms. The van der Waals surface area contributed by atoms with Crippen molar-refractivity contribution >= 4 is 11.3 Å². The van der Waals surface area contributed by atoms with E-state index < -0.39 is 0 Å². The second-order valence-electron chi connectivity index (χ2n) is 4.60. The standard InChI is InChI=1S/C12H22N2OS/c1-8(5-9(2)15)6-13-10(3)12-7-14-11(4)16-12/h7-10,13,15H,5-6H2,1-4H3. The number of aliphatic hydroxyl groups is 1. The van der Waals surface area contributed by atoms with E-state index in [-0.39, 0.29) is 6.10 Å². The van der Waals surface area contributed by atoms with Crippen LogP contribution < -0.4 is 5.32 Å². The Morgan fingerprint density at radius 1 is 1.44 bits per heavy atom. The highest BCUT2D eigenvalue weighted by molar-refractivity contribution is 7.11. The van der Waals surface area contributed by atoms with Crippen molar-refractivity contribution in [2.24, 2.45) is 5.92 Å². The molecule has 0 aliphatic heterocycles. The van der Waals surface area contributed by atoms with Crippen LogP contribution in [0.5, 0.6) is 0 Å². The Hall–Kier alpha value is -0.450. The first-order valence-corrected chi connectivity index (χ1v) is 6.64. The highest BCUT2D eigenvalue weighted by atomic mass is 32.1. The Labute approximate surface area is 102 Å². The van der Waals surface area contributed by atoms with Gasteiger partial charge in [-0.2, -0.15) is 0 Å². The molecule has 0 radical (unpaired) electrons. The quantitative estimate of drug-likeness (QED) is 0.805. The van der Waals surface area contributed by atoms with Gasteiger partial charge in [-0.3, -0.25) is 0 Å². The molecule has 1 aromatic rings. The van der Waals surface area contributed by atoms with Crippen LogP contribution in [-0.4, -0.2) is 22.7 Å². The average molecular weight is 242 g/mol. The molecule has 16 heavy (non-hydrogen) atoms. The molecule has 0 amide bonds. The number of aryl methyl sites for hydroxylation is 1. The van der Waals surface area contributed by atoms with Crippen molar-refractivity contribution in [2.45, 2.75) is 46.3 Å². The van der Waals surface area contributed by atoms with Gasteiger partial charge in [-0.25, -0.2) is 4.98 Å². The highest BCUT2D eigenvalue weighted by Crippen LogP contribution is 2.20. The van der Waals surface area contributed by atoms with Gasteiger partial charge in [-0.05, 0) is 39.7 Å². The lowest BCUT2D eigenvalue weighted by atomic mass is 10.0. The Morgan fingerprint density at radius 3 is 2.62 bits per heavy atom. The minimum absolute atomic E-state index is 0.210. The molecule has 0 aliphatic rings. The van der Waals surface area contributed by atoms with Gasteiger partial charge in [0.15, 0.2) is 0 Å². The molecule has 92 valence electrons. The summed E-state index contributed by atoms with van der Waals surface area (Å²) in [6, 6.07) is 0.350. The first kappa shape index (κ1) is 13.6. The Morgan fingerprint density at radius 2 is 2.12 bits per heavy atom. The van der Waals surface area contributed by atoms with Crippen molar-refractivity contribution in [2.75, 3.05) is 6.54 Å². The molecule has 0 bridgehead atoms. The van der Waals surface area contributed by atoms with E-state index in [9.17, 15) is 5.11 Å². The maximum atomic E-state index is 9.27. The number of nitrogens with zero attached hydrogens (tertiary/aromatic N) is 1. The van der Waals surface area contributed by atoms with Gasteiger partial charge in [0, 0.05) is 17.1 Å². The SMILES string of the molecule is Cc1ncc(C(C)NCC(C)CC(C)O)s1. The number of nitrogens with one attached hydrogen (secondary N) is 1. The van der Waals surface area contributed by atoms with Crippen molar-refractivity contribution in [1.29, 1.82) is 0 Å². The maximum Gasteiger partial charge on any atom is 0.0897 e. The maximum absolute atomic E-state index is 9.27. The molecule has 3 nitrogen and oxygen atoms in total. The monoisotopic (exact) mass is 242 g/mol. The Balaban J connectivity index is 2.32. The fraction of sp³-hybridized carbons (Fsp3) is 0.750. The van der Waals surface area contributed by atoms with E-state index in [4.69, 9.17) is 0 Å². The summed E-state index contributed by atoms with van der Waals surface area (Å²) in [5.41, 5.74) is 0. The van der Waals surface area contributed by atoms with Crippen LogP contribution in [0.25, 0.3) is 0 Å². The highest BCUT2D eigenvalue weighted by Gasteiger charge is 2.11. The van der Waals surface area contributed by atoms with Crippen molar-refractivity contribution in [1.82, 2.24) is 10.3 Å². The fourth-order valence-corrected chi connectivity index (χ4v) is 2.53. The summed E-state index contributed by atoms with van der Waals surface area (Å²) in [6.07, 6.45) is 2.58. The largest absolute Gasteiger partial charge is 0.393 e. The Kier molecular flexibility index (Phi) is 5.38.